The van der Waals surface area contributed by atoms with Crippen LogP contribution >= 0.6 is 11.8 Å². The number of morpholine rings is 1. The molecule has 0 spiro atoms. The lowest BCUT2D eigenvalue weighted by Crippen LogP contribution is -2.48. The Balaban J connectivity index is 1.68. The van der Waals surface area contributed by atoms with E-state index in [0.717, 1.165) is 17.7 Å². The summed E-state index contributed by atoms with van der Waals surface area (Å²) in [5, 5.41) is 5.03. The average Bonchev–Trinajstić information content (AvgIpc) is 3.09. The molecule has 0 bridgehead atoms. The molecule has 27 heavy (non-hydrogen) atoms. The van der Waals surface area contributed by atoms with Crippen molar-refractivity contribution in [2.75, 3.05) is 32.6 Å². The first-order valence-corrected chi connectivity index (χ1v) is 10.2. The maximum absolute atomic E-state index is 12.5. The molecular formula is C18H25N5O3S. The maximum atomic E-state index is 12.5. The Morgan fingerprint density at radius 1 is 1.48 bits per heavy atom. The number of fused-ring (bicyclic) bond motifs is 1. The van der Waals surface area contributed by atoms with Crippen LogP contribution in [0.2, 0.25) is 0 Å². The van der Waals surface area contributed by atoms with E-state index in [2.05, 4.69) is 15.1 Å². The van der Waals surface area contributed by atoms with Crippen molar-refractivity contribution in [2.45, 2.75) is 38.5 Å². The molecule has 1 aliphatic heterocycles. The van der Waals surface area contributed by atoms with Gasteiger partial charge in [-0.3, -0.25) is 4.79 Å². The summed E-state index contributed by atoms with van der Waals surface area (Å²) in [7, 11) is 0. The standard InChI is InChI=1S/C18H25N5O3S/c1-5-6-12(2)16(24)22-7-8-25-14(10-22)11-26-15-9-13(3)19-17-20-18(27-4)21-23(15)17/h6,9,14H,5,7-8,10-11H2,1-4H3. The number of allylic oxidation sites excluding steroid dienone is 1. The van der Waals surface area contributed by atoms with Crippen molar-refractivity contribution in [3.63, 3.8) is 0 Å². The fraction of sp³-hybridized carbons (Fsp3) is 0.556. The topological polar surface area (TPSA) is 81.9 Å². The van der Waals surface area contributed by atoms with Gasteiger partial charge in [0.2, 0.25) is 16.9 Å². The van der Waals surface area contributed by atoms with Gasteiger partial charge in [0.25, 0.3) is 5.78 Å². The van der Waals surface area contributed by atoms with Crippen LogP contribution in [0, 0.1) is 6.92 Å². The van der Waals surface area contributed by atoms with E-state index in [1.807, 2.05) is 44.1 Å². The van der Waals surface area contributed by atoms with Gasteiger partial charge in [-0.15, -0.1) is 5.10 Å². The number of aryl methyl sites for hydroxylation is 1. The second-order valence-corrected chi connectivity index (χ2v) is 7.17. The normalized spacial score (nSPS) is 18.1. The minimum atomic E-state index is -0.191. The Kier molecular flexibility index (Phi) is 6.33. The highest BCUT2D eigenvalue weighted by Gasteiger charge is 2.25. The van der Waals surface area contributed by atoms with Gasteiger partial charge in [-0.05, 0) is 26.5 Å². The highest BCUT2D eigenvalue weighted by molar-refractivity contribution is 7.98. The molecule has 1 saturated heterocycles. The minimum absolute atomic E-state index is 0.0631. The average molecular weight is 391 g/mol. The molecule has 2 aromatic rings. The number of nitrogens with zero attached hydrogens (tertiary/aromatic N) is 5. The summed E-state index contributed by atoms with van der Waals surface area (Å²) in [5.74, 6) is 1.14. The van der Waals surface area contributed by atoms with E-state index < -0.39 is 0 Å². The highest BCUT2D eigenvalue weighted by atomic mass is 32.2. The Labute approximate surface area is 162 Å². The molecule has 0 radical (unpaired) electrons. The van der Waals surface area contributed by atoms with Crippen molar-refractivity contribution in [3.05, 3.63) is 23.4 Å². The molecule has 0 aromatic carbocycles. The first-order valence-electron chi connectivity index (χ1n) is 9.00. The van der Waals surface area contributed by atoms with Crippen molar-refractivity contribution in [1.82, 2.24) is 24.5 Å². The predicted octanol–water partition coefficient (Wildman–Crippen LogP) is 2.12. The van der Waals surface area contributed by atoms with E-state index >= 15 is 0 Å². The molecule has 146 valence electrons. The quantitative estimate of drug-likeness (QED) is 0.551. The first kappa shape index (κ1) is 19.6. The molecule has 2 aromatic heterocycles. The third kappa shape index (κ3) is 4.59. The second-order valence-electron chi connectivity index (χ2n) is 6.40. The van der Waals surface area contributed by atoms with Crippen LogP contribution in [-0.2, 0) is 9.53 Å². The summed E-state index contributed by atoms with van der Waals surface area (Å²) >= 11 is 1.45. The Bertz CT molecular complexity index is 851. The summed E-state index contributed by atoms with van der Waals surface area (Å²) in [6.45, 7) is 7.71. The van der Waals surface area contributed by atoms with Gasteiger partial charge in [-0.1, -0.05) is 24.8 Å². The number of amides is 1. The van der Waals surface area contributed by atoms with Crippen LogP contribution in [0.5, 0.6) is 5.88 Å². The van der Waals surface area contributed by atoms with Gasteiger partial charge in [0.15, 0.2) is 0 Å². The molecule has 1 atom stereocenters. The highest BCUT2D eigenvalue weighted by Crippen LogP contribution is 2.18. The van der Waals surface area contributed by atoms with E-state index in [-0.39, 0.29) is 12.0 Å². The fourth-order valence-corrected chi connectivity index (χ4v) is 3.29. The molecule has 0 N–H and O–H groups in total. The van der Waals surface area contributed by atoms with E-state index in [1.54, 1.807) is 4.52 Å². The van der Waals surface area contributed by atoms with Crippen LogP contribution < -0.4 is 4.74 Å². The smallest absolute Gasteiger partial charge is 0.256 e. The van der Waals surface area contributed by atoms with Gasteiger partial charge >= 0.3 is 0 Å². The van der Waals surface area contributed by atoms with Crippen molar-refractivity contribution >= 4 is 23.4 Å². The first-order chi connectivity index (χ1) is 13.0. The molecule has 1 unspecified atom stereocenters. The Hall–Kier alpha value is -2.13. The summed E-state index contributed by atoms with van der Waals surface area (Å²) in [6.07, 6.45) is 4.53. The zero-order valence-electron chi connectivity index (χ0n) is 16.1. The lowest BCUT2D eigenvalue weighted by molar-refractivity contribution is -0.135. The third-order valence-electron chi connectivity index (χ3n) is 4.26. The van der Waals surface area contributed by atoms with Crippen molar-refractivity contribution in [3.8, 4) is 5.88 Å². The van der Waals surface area contributed by atoms with E-state index in [9.17, 15) is 4.79 Å². The number of ether oxygens (including phenoxy) is 2. The number of hydrogen-bond acceptors (Lipinski definition) is 7. The van der Waals surface area contributed by atoms with Crippen LogP contribution in [-0.4, -0.2) is 69.1 Å². The summed E-state index contributed by atoms with van der Waals surface area (Å²) in [4.78, 5) is 23.0. The van der Waals surface area contributed by atoms with Gasteiger partial charge in [0.05, 0.1) is 13.2 Å². The summed E-state index contributed by atoms with van der Waals surface area (Å²) in [5.41, 5.74) is 1.58. The van der Waals surface area contributed by atoms with Gasteiger partial charge < -0.3 is 14.4 Å². The number of carbonyl (C=O) groups is 1. The molecular weight excluding hydrogens is 366 g/mol. The molecule has 3 rings (SSSR count). The van der Waals surface area contributed by atoms with Crippen LogP contribution in [0.3, 0.4) is 0 Å². The number of rotatable bonds is 6. The molecule has 1 fully saturated rings. The van der Waals surface area contributed by atoms with E-state index in [4.69, 9.17) is 9.47 Å². The maximum Gasteiger partial charge on any atom is 0.256 e. The van der Waals surface area contributed by atoms with Gasteiger partial charge in [0.1, 0.15) is 12.7 Å². The van der Waals surface area contributed by atoms with Gasteiger partial charge in [-0.2, -0.15) is 9.50 Å². The van der Waals surface area contributed by atoms with Crippen molar-refractivity contribution < 1.29 is 14.3 Å². The largest absolute Gasteiger partial charge is 0.475 e. The van der Waals surface area contributed by atoms with Gasteiger partial charge in [-0.25, -0.2) is 4.98 Å². The number of hydrogen-bond donors (Lipinski definition) is 0. The van der Waals surface area contributed by atoms with E-state index in [1.165, 1.54) is 11.8 Å². The van der Waals surface area contributed by atoms with E-state index in [0.29, 0.717) is 43.1 Å². The monoisotopic (exact) mass is 391 g/mol. The zero-order valence-corrected chi connectivity index (χ0v) is 17.0. The van der Waals surface area contributed by atoms with Gasteiger partial charge in [0, 0.05) is 23.9 Å². The summed E-state index contributed by atoms with van der Waals surface area (Å²) in [6, 6.07) is 1.83. The second kappa shape index (κ2) is 8.71. The van der Waals surface area contributed by atoms with Crippen LogP contribution in [0.4, 0.5) is 0 Å². The number of carbonyl (C=O) groups excluding carboxylic acids is 1. The number of aromatic nitrogens is 4. The lowest BCUT2D eigenvalue weighted by atomic mass is 10.2. The molecule has 1 amide bonds. The molecule has 0 saturated carbocycles. The third-order valence-corrected chi connectivity index (χ3v) is 4.80. The van der Waals surface area contributed by atoms with Crippen LogP contribution in [0.1, 0.15) is 26.0 Å². The molecule has 1 aliphatic rings. The summed E-state index contributed by atoms with van der Waals surface area (Å²) < 4.78 is 13.3. The molecule has 3 heterocycles. The van der Waals surface area contributed by atoms with Crippen LogP contribution in [0.15, 0.2) is 22.9 Å². The Morgan fingerprint density at radius 3 is 3.04 bits per heavy atom. The minimum Gasteiger partial charge on any atom is -0.475 e. The lowest BCUT2D eigenvalue weighted by Gasteiger charge is -2.33. The number of thioether (sulfide) groups is 1. The van der Waals surface area contributed by atoms with Crippen molar-refractivity contribution in [2.24, 2.45) is 0 Å². The fourth-order valence-electron chi connectivity index (χ4n) is 2.95. The molecule has 9 heteroatoms. The Morgan fingerprint density at radius 2 is 2.30 bits per heavy atom. The van der Waals surface area contributed by atoms with Crippen LogP contribution in [0.25, 0.3) is 5.78 Å². The molecule has 8 nitrogen and oxygen atoms in total. The molecule has 0 aliphatic carbocycles. The predicted molar refractivity (Wildman–Crippen MR) is 103 cm³/mol. The zero-order chi connectivity index (χ0) is 19.4. The SMILES string of the molecule is CCC=C(C)C(=O)N1CCOC(COc2cc(C)nc3nc(SC)nn23)C1. The van der Waals surface area contributed by atoms with Crippen molar-refractivity contribution in [1.29, 1.82) is 0 Å².